The van der Waals surface area contributed by atoms with Crippen LogP contribution in [0.3, 0.4) is 0 Å². The molecule has 10 heteroatoms. The van der Waals surface area contributed by atoms with Crippen molar-refractivity contribution in [1.82, 2.24) is 10.2 Å². The molecule has 7 nitrogen and oxygen atoms in total. The predicted octanol–water partition coefficient (Wildman–Crippen LogP) is 3.20. The zero-order valence-electron chi connectivity index (χ0n) is 13.1. The number of hydrogen-bond acceptors (Lipinski definition) is 7. The normalized spacial score (nSPS) is 16.1. The molecule has 0 atom stereocenters. The van der Waals surface area contributed by atoms with Crippen molar-refractivity contribution < 1.29 is 14.5 Å². The van der Waals surface area contributed by atoms with Crippen molar-refractivity contribution >= 4 is 63.6 Å². The number of carbonyl (C=O) groups is 2. The van der Waals surface area contributed by atoms with Gasteiger partial charge in [-0.15, -0.1) is 29.3 Å². The van der Waals surface area contributed by atoms with Crippen molar-refractivity contribution in [2.24, 2.45) is 0 Å². The Morgan fingerprint density at radius 1 is 1.35 bits per heavy atom. The summed E-state index contributed by atoms with van der Waals surface area (Å²) in [4.78, 5) is 37.4. The first-order valence-corrected chi connectivity index (χ1v) is 9.45. The first-order chi connectivity index (χ1) is 12.4. The van der Waals surface area contributed by atoms with E-state index in [0.717, 1.165) is 0 Å². The van der Waals surface area contributed by atoms with Crippen LogP contribution in [0.15, 0.2) is 40.4 Å². The Labute approximate surface area is 161 Å². The maximum atomic E-state index is 12.6. The van der Waals surface area contributed by atoms with E-state index >= 15 is 0 Å². The lowest BCUT2D eigenvalue weighted by atomic mass is 10.1. The number of nitrogens with one attached hydrogen (secondary N) is 1. The van der Waals surface area contributed by atoms with Crippen LogP contribution in [0.2, 0.25) is 0 Å². The Morgan fingerprint density at radius 3 is 2.81 bits per heavy atom. The second-order valence-electron chi connectivity index (χ2n) is 5.15. The number of rotatable bonds is 5. The first-order valence-electron chi connectivity index (χ1n) is 7.22. The lowest BCUT2D eigenvalue weighted by molar-refractivity contribution is -0.383. The molecule has 1 saturated heterocycles. The molecule has 26 heavy (non-hydrogen) atoms. The van der Waals surface area contributed by atoms with Crippen LogP contribution >= 0.6 is 34.9 Å². The predicted molar refractivity (Wildman–Crippen MR) is 105 cm³/mol. The summed E-state index contributed by atoms with van der Waals surface area (Å²) in [7, 11) is 0. The molecule has 0 bridgehead atoms. The van der Waals surface area contributed by atoms with Crippen molar-refractivity contribution in [2.45, 2.75) is 0 Å². The summed E-state index contributed by atoms with van der Waals surface area (Å²) in [6, 6.07) is 1.73. The van der Waals surface area contributed by atoms with Gasteiger partial charge in [0.25, 0.3) is 17.5 Å². The van der Waals surface area contributed by atoms with E-state index in [-0.39, 0.29) is 22.9 Å². The van der Waals surface area contributed by atoms with Gasteiger partial charge in [0.1, 0.15) is 5.57 Å². The van der Waals surface area contributed by atoms with Gasteiger partial charge in [0.05, 0.1) is 15.9 Å². The third-order valence-electron chi connectivity index (χ3n) is 3.60. The minimum absolute atomic E-state index is 0.0121. The van der Waals surface area contributed by atoms with Gasteiger partial charge < -0.3 is 0 Å². The SMILES string of the molecule is C=CCN1C(=O)/C(=C/c2sccc2-c2cscc2[N+](=O)[O-])C(=O)NC1=S. The second kappa shape index (κ2) is 7.28. The number of thiophene rings is 2. The highest BCUT2D eigenvalue weighted by molar-refractivity contribution is 7.80. The topological polar surface area (TPSA) is 92.6 Å². The van der Waals surface area contributed by atoms with Crippen molar-refractivity contribution in [3.05, 3.63) is 55.4 Å². The van der Waals surface area contributed by atoms with E-state index in [1.54, 1.807) is 16.8 Å². The number of thiocarbonyl (C=S) groups is 1. The maximum Gasteiger partial charge on any atom is 0.287 e. The van der Waals surface area contributed by atoms with Crippen molar-refractivity contribution in [1.29, 1.82) is 0 Å². The summed E-state index contributed by atoms with van der Waals surface area (Å²) >= 11 is 7.51. The van der Waals surface area contributed by atoms with E-state index in [1.807, 2.05) is 0 Å². The van der Waals surface area contributed by atoms with Gasteiger partial charge in [-0.05, 0) is 29.7 Å². The summed E-state index contributed by atoms with van der Waals surface area (Å²) in [5.74, 6) is -1.13. The molecule has 1 aliphatic rings. The van der Waals surface area contributed by atoms with Crippen LogP contribution in [0.4, 0.5) is 5.69 Å². The van der Waals surface area contributed by atoms with Gasteiger partial charge >= 0.3 is 0 Å². The number of amides is 2. The van der Waals surface area contributed by atoms with Crippen molar-refractivity contribution in [3.63, 3.8) is 0 Å². The van der Waals surface area contributed by atoms with E-state index in [9.17, 15) is 19.7 Å². The molecule has 2 aromatic heterocycles. The van der Waals surface area contributed by atoms with Gasteiger partial charge in [-0.3, -0.25) is 29.9 Å². The monoisotopic (exact) mass is 405 g/mol. The highest BCUT2D eigenvalue weighted by Gasteiger charge is 2.33. The van der Waals surface area contributed by atoms with E-state index in [1.165, 1.54) is 45.1 Å². The van der Waals surface area contributed by atoms with Gasteiger partial charge in [-0.2, -0.15) is 0 Å². The molecule has 0 radical (unpaired) electrons. The molecular formula is C16H11N3O4S3. The van der Waals surface area contributed by atoms with Crippen LogP contribution in [0.1, 0.15) is 4.88 Å². The standard InChI is InChI=1S/C16H11N3O4S3/c1-2-4-18-15(21)10(14(20)17-16(18)24)6-13-9(3-5-26-13)11-7-25-8-12(11)19(22)23/h2-3,5-8H,1,4H2,(H,17,20,24)/b10-6+. The van der Waals surface area contributed by atoms with Crippen LogP contribution in [-0.4, -0.2) is 33.3 Å². The molecule has 0 saturated carbocycles. The summed E-state index contributed by atoms with van der Waals surface area (Å²) in [5.41, 5.74) is 0.957. The average molecular weight is 405 g/mol. The van der Waals surface area contributed by atoms with Gasteiger partial charge in [-0.1, -0.05) is 6.08 Å². The summed E-state index contributed by atoms with van der Waals surface area (Å²) in [6.07, 6.45) is 2.95. The van der Waals surface area contributed by atoms with E-state index < -0.39 is 16.7 Å². The Bertz CT molecular complexity index is 973. The second-order valence-corrected chi connectivity index (χ2v) is 7.23. The third kappa shape index (κ3) is 3.21. The summed E-state index contributed by atoms with van der Waals surface area (Å²) < 4.78 is 0. The highest BCUT2D eigenvalue weighted by Crippen LogP contribution is 2.38. The Balaban J connectivity index is 2.04. The fraction of sp³-hybridized carbons (Fsp3) is 0.0625. The van der Waals surface area contributed by atoms with Crippen LogP contribution in [0.5, 0.6) is 0 Å². The molecule has 0 unspecified atom stereocenters. The Morgan fingerprint density at radius 2 is 2.12 bits per heavy atom. The highest BCUT2D eigenvalue weighted by atomic mass is 32.1. The van der Waals surface area contributed by atoms with Gasteiger partial charge in [0, 0.05) is 22.4 Å². The third-order valence-corrected chi connectivity index (χ3v) is 5.51. The van der Waals surface area contributed by atoms with Crippen LogP contribution in [-0.2, 0) is 9.59 Å². The Kier molecular flexibility index (Phi) is 5.07. The molecule has 2 amide bonds. The fourth-order valence-electron chi connectivity index (χ4n) is 2.41. The molecule has 3 rings (SSSR count). The van der Waals surface area contributed by atoms with Gasteiger partial charge in [0.15, 0.2) is 5.11 Å². The van der Waals surface area contributed by atoms with Crippen LogP contribution in [0.25, 0.3) is 17.2 Å². The lowest BCUT2D eigenvalue weighted by Gasteiger charge is -2.27. The minimum Gasteiger partial charge on any atom is -0.298 e. The Hall–Kier alpha value is -2.69. The molecule has 0 spiro atoms. The first kappa shape index (κ1) is 18.1. The maximum absolute atomic E-state index is 12.6. The molecule has 1 fully saturated rings. The smallest absolute Gasteiger partial charge is 0.287 e. The van der Waals surface area contributed by atoms with E-state index in [2.05, 4.69) is 11.9 Å². The van der Waals surface area contributed by atoms with Crippen molar-refractivity contribution in [2.75, 3.05) is 6.54 Å². The zero-order chi connectivity index (χ0) is 18.8. The minimum atomic E-state index is -0.598. The average Bonchev–Trinajstić information content (AvgIpc) is 3.23. The quantitative estimate of drug-likeness (QED) is 0.206. The fourth-order valence-corrected chi connectivity index (χ4v) is 4.29. The summed E-state index contributed by atoms with van der Waals surface area (Å²) in [6.45, 7) is 3.74. The molecule has 0 aliphatic carbocycles. The number of hydrogen-bond donors (Lipinski definition) is 1. The number of carbonyl (C=O) groups excluding carboxylic acids is 2. The molecule has 2 aromatic rings. The van der Waals surface area contributed by atoms with Gasteiger partial charge in [0.2, 0.25) is 0 Å². The zero-order valence-corrected chi connectivity index (χ0v) is 15.6. The van der Waals surface area contributed by atoms with E-state index in [0.29, 0.717) is 16.0 Å². The molecule has 132 valence electrons. The largest absolute Gasteiger partial charge is 0.298 e. The number of nitro groups is 1. The van der Waals surface area contributed by atoms with Crippen LogP contribution in [0, 0.1) is 10.1 Å². The molecule has 1 N–H and O–H groups in total. The molecular weight excluding hydrogens is 394 g/mol. The van der Waals surface area contributed by atoms with Crippen molar-refractivity contribution in [3.8, 4) is 11.1 Å². The number of nitrogens with zero attached hydrogens (tertiary/aromatic N) is 2. The molecule has 3 heterocycles. The summed E-state index contributed by atoms with van der Waals surface area (Å²) in [5, 5.41) is 18.6. The lowest BCUT2D eigenvalue weighted by Crippen LogP contribution is -2.53. The van der Waals surface area contributed by atoms with E-state index in [4.69, 9.17) is 12.2 Å². The van der Waals surface area contributed by atoms with Crippen LogP contribution < -0.4 is 5.32 Å². The molecule has 1 aliphatic heterocycles. The van der Waals surface area contributed by atoms with Gasteiger partial charge in [-0.25, -0.2) is 0 Å². The molecule has 0 aromatic carbocycles.